The van der Waals surface area contributed by atoms with E-state index < -0.39 is 0 Å². The van der Waals surface area contributed by atoms with E-state index in [1.165, 1.54) is 40.7 Å². The van der Waals surface area contributed by atoms with Crippen molar-refractivity contribution in [2.75, 3.05) is 0 Å². The van der Waals surface area contributed by atoms with Crippen LogP contribution in [0.4, 0.5) is 0 Å². The molecule has 0 spiro atoms. The van der Waals surface area contributed by atoms with Gasteiger partial charge in [0.1, 0.15) is 0 Å². The summed E-state index contributed by atoms with van der Waals surface area (Å²) in [7, 11) is 0. The van der Waals surface area contributed by atoms with Crippen LogP contribution in [-0.2, 0) is 10.8 Å². The topological polar surface area (TPSA) is 0 Å². The van der Waals surface area contributed by atoms with E-state index in [9.17, 15) is 0 Å². The fourth-order valence-corrected chi connectivity index (χ4v) is 3.59. The lowest BCUT2D eigenvalue weighted by atomic mass is 9.63. The minimum atomic E-state index is 0.282. The maximum Gasteiger partial charge on any atom is -0.0100 e. The summed E-state index contributed by atoms with van der Waals surface area (Å²) < 4.78 is 0. The molecule has 21 heavy (non-hydrogen) atoms. The summed E-state index contributed by atoms with van der Waals surface area (Å²) >= 11 is 0. The van der Waals surface area contributed by atoms with Crippen LogP contribution in [0.25, 0.3) is 11.1 Å². The zero-order chi connectivity index (χ0) is 15.3. The molecule has 110 valence electrons. The summed E-state index contributed by atoms with van der Waals surface area (Å²) in [5.41, 5.74) is 7.67. The number of hydrogen-bond acceptors (Lipinski definition) is 0. The Morgan fingerprint density at radius 3 is 2.00 bits per heavy atom. The molecule has 0 atom stereocenters. The first-order valence-electron chi connectivity index (χ1n) is 8.02. The Labute approximate surface area is 129 Å². The van der Waals surface area contributed by atoms with Crippen molar-refractivity contribution in [1.82, 2.24) is 0 Å². The molecule has 0 bridgehead atoms. The monoisotopic (exact) mass is 278 g/mol. The average molecular weight is 278 g/mol. The Kier molecular flexibility index (Phi) is 3.24. The molecule has 0 N–H and O–H groups in total. The van der Waals surface area contributed by atoms with E-state index in [2.05, 4.69) is 77.1 Å². The highest BCUT2D eigenvalue weighted by Crippen LogP contribution is 2.46. The second-order valence-electron chi connectivity index (χ2n) is 7.90. The van der Waals surface area contributed by atoms with Crippen molar-refractivity contribution >= 4 is 0 Å². The molecule has 2 aromatic carbocycles. The summed E-state index contributed by atoms with van der Waals surface area (Å²) in [5, 5.41) is 0. The molecule has 0 saturated carbocycles. The first kappa shape index (κ1) is 14.4. The van der Waals surface area contributed by atoms with Crippen LogP contribution in [0.1, 0.15) is 57.2 Å². The maximum atomic E-state index is 2.44. The number of fused-ring (bicyclic) bond motifs is 1. The van der Waals surface area contributed by atoms with Gasteiger partial charge in [-0.3, -0.25) is 0 Å². The largest absolute Gasteiger partial charge is 0.0614 e. The highest BCUT2D eigenvalue weighted by Gasteiger charge is 2.36. The van der Waals surface area contributed by atoms with Gasteiger partial charge in [0.15, 0.2) is 0 Å². The average Bonchev–Trinajstić information content (AvgIpc) is 2.44. The van der Waals surface area contributed by atoms with Gasteiger partial charge in [-0.2, -0.15) is 0 Å². The minimum absolute atomic E-state index is 0.282. The Hall–Kier alpha value is -1.56. The lowest BCUT2D eigenvalue weighted by Gasteiger charge is -2.42. The predicted molar refractivity (Wildman–Crippen MR) is 91.9 cm³/mol. The second kappa shape index (κ2) is 4.73. The van der Waals surface area contributed by atoms with Gasteiger partial charge < -0.3 is 0 Å². The number of aryl methyl sites for hydroxylation is 1. The van der Waals surface area contributed by atoms with Gasteiger partial charge in [0.05, 0.1) is 0 Å². The van der Waals surface area contributed by atoms with Gasteiger partial charge in [0.2, 0.25) is 0 Å². The third kappa shape index (κ3) is 2.52. The van der Waals surface area contributed by atoms with Crippen molar-refractivity contribution in [3.63, 3.8) is 0 Å². The fraction of sp³-hybridized carbons (Fsp3) is 0.429. The van der Waals surface area contributed by atoms with Crippen LogP contribution in [0.3, 0.4) is 0 Å². The molecule has 1 aliphatic carbocycles. The van der Waals surface area contributed by atoms with Crippen LogP contribution in [0.15, 0.2) is 42.5 Å². The quantitative estimate of drug-likeness (QED) is 0.599. The number of benzene rings is 2. The van der Waals surface area contributed by atoms with Gasteiger partial charge in [0.25, 0.3) is 0 Å². The van der Waals surface area contributed by atoms with Crippen molar-refractivity contribution in [3.8, 4) is 11.1 Å². The summed E-state index contributed by atoms with van der Waals surface area (Å²) in [5.74, 6) is 0. The third-order valence-corrected chi connectivity index (χ3v) is 5.20. The standard InChI is InChI=1S/C21H26/c1-15-7-6-8-16(13-15)17-9-10-18-19(14-17)21(4,5)12-11-20(18,2)3/h6-10,13-14H,11-12H2,1-5H3. The van der Waals surface area contributed by atoms with E-state index in [0.717, 1.165) is 0 Å². The molecular formula is C21H26. The molecule has 0 saturated heterocycles. The molecule has 0 heterocycles. The highest BCUT2D eigenvalue weighted by molar-refractivity contribution is 5.67. The van der Waals surface area contributed by atoms with E-state index >= 15 is 0 Å². The lowest BCUT2D eigenvalue weighted by Crippen LogP contribution is -2.33. The summed E-state index contributed by atoms with van der Waals surface area (Å²) in [6.07, 6.45) is 2.54. The summed E-state index contributed by atoms with van der Waals surface area (Å²) in [4.78, 5) is 0. The molecule has 1 aliphatic rings. The molecule has 0 nitrogen and oxygen atoms in total. The predicted octanol–water partition coefficient (Wildman–Crippen LogP) is 6.01. The summed E-state index contributed by atoms with van der Waals surface area (Å²) in [6, 6.07) is 15.9. The van der Waals surface area contributed by atoms with Gasteiger partial charge in [-0.1, -0.05) is 75.7 Å². The second-order valence-corrected chi connectivity index (χ2v) is 7.90. The fourth-order valence-electron chi connectivity index (χ4n) is 3.59. The molecule has 0 amide bonds. The lowest BCUT2D eigenvalue weighted by molar-refractivity contribution is 0.332. The number of hydrogen-bond donors (Lipinski definition) is 0. The Bertz CT molecular complexity index is 674. The zero-order valence-corrected chi connectivity index (χ0v) is 14.0. The Morgan fingerprint density at radius 2 is 1.33 bits per heavy atom. The highest BCUT2D eigenvalue weighted by atomic mass is 14.4. The van der Waals surface area contributed by atoms with Crippen LogP contribution in [0.5, 0.6) is 0 Å². The Morgan fingerprint density at radius 1 is 0.714 bits per heavy atom. The third-order valence-electron chi connectivity index (χ3n) is 5.20. The molecule has 0 aromatic heterocycles. The van der Waals surface area contributed by atoms with E-state index in [0.29, 0.717) is 5.41 Å². The summed E-state index contributed by atoms with van der Waals surface area (Å²) in [6.45, 7) is 11.7. The van der Waals surface area contributed by atoms with Crippen molar-refractivity contribution in [1.29, 1.82) is 0 Å². The van der Waals surface area contributed by atoms with Crippen LogP contribution in [0, 0.1) is 6.92 Å². The van der Waals surface area contributed by atoms with E-state index in [1.807, 2.05) is 0 Å². The van der Waals surface area contributed by atoms with Crippen molar-refractivity contribution in [3.05, 3.63) is 59.2 Å². The van der Waals surface area contributed by atoms with E-state index in [-0.39, 0.29) is 5.41 Å². The van der Waals surface area contributed by atoms with Gasteiger partial charge in [0, 0.05) is 0 Å². The molecule has 0 unspecified atom stereocenters. The maximum absolute atomic E-state index is 2.44. The van der Waals surface area contributed by atoms with Gasteiger partial charge >= 0.3 is 0 Å². The molecule has 3 rings (SSSR count). The van der Waals surface area contributed by atoms with E-state index in [4.69, 9.17) is 0 Å². The van der Waals surface area contributed by atoms with Crippen molar-refractivity contribution < 1.29 is 0 Å². The van der Waals surface area contributed by atoms with Crippen LogP contribution in [-0.4, -0.2) is 0 Å². The Balaban J connectivity index is 2.16. The van der Waals surface area contributed by atoms with Gasteiger partial charge in [-0.05, 0) is 52.8 Å². The zero-order valence-electron chi connectivity index (χ0n) is 14.0. The molecule has 0 aliphatic heterocycles. The number of rotatable bonds is 1. The van der Waals surface area contributed by atoms with Crippen molar-refractivity contribution in [2.24, 2.45) is 0 Å². The van der Waals surface area contributed by atoms with Crippen molar-refractivity contribution in [2.45, 2.75) is 58.3 Å². The molecule has 0 fully saturated rings. The molecule has 0 radical (unpaired) electrons. The van der Waals surface area contributed by atoms with Gasteiger partial charge in [-0.15, -0.1) is 0 Å². The van der Waals surface area contributed by atoms with Crippen LogP contribution in [0.2, 0.25) is 0 Å². The van der Waals surface area contributed by atoms with Gasteiger partial charge in [-0.25, -0.2) is 0 Å². The normalized spacial score (nSPS) is 19.1. The smallest absolute Gasteiger partial charge is 0.0100 e. The minimum Gasteiger partial charge on any atom is -0.0614 e. The van der Waals surface area contributed by atoms with E-state index in [1.54, 1.807) is 0 Å². The molecule has 2 aromatic rings. The van der Waals surface area contributed by atoms with Crippen LogP contribution < -0.4 is 0 Å². The SMILES string of the molecule is Cc1cccc(-c2ccc3c(c2)C(C)(C)CCC3(C)C)c1. The first-order valence-corrected chi connectivity index (χ1v) is 8.02. The molecule has 0 heteroatoms. The first-order chi connectivity index (χ1) is 9.79. The van der Waals surface area contributed by atoms with Crippen LogP contribution >= 0.6 is 0 Å². The molecular weight excluding hydrogens is 252 g/mol.